The van der Waals surface area contributed by atoms with Crippen LogP contribution in [0.15, 0.2) is 36.4 Å². The van der Waals surface area contributed by atoms with Gasteiger partial charge in [0.1, 0.15) is 11.5 Å². The van der Waals surface area contributed by atoms with Gasteiger partial charge in [0.2, 0.25) is 0 Å². The molecular weight excluding hydrogens is 384 g/mol. The van der Waals surface area contributed by atoms with Gasteiger partial charge >= 0.3 is 0 Å². The number of aromatic nitrogens is 2. The number of nitrogens with one attached hydrogen (secondary N) is 2. The monoisotopic (exact) mass is 408 g/mol. The van der Waals surface area contributed by atoms with Gasteiger partial charge in [-0.1, -0.05) is 12.1 Å². The van der Waals surface area contributed by atoms with Crippen molar-refractivity contribution in [1.29, 1.82) is 0 Å². The third kappa shape index (κ3) is 3.69. The van der Waals surface area contributed by atoms with Gasteiger partial charge in [0.05, 0.1) is 12.3 Å². The summed E-state index contributed by atoms with van der Waals surface area (Å²) in [5.41, 5.74) is 7.75. The fourth-order valence-corrected chi connectivity index (χ4v) is 3.78. The summed E-state index contributed by atoms with van der Waals surface area (Å²) in [6, 6.07) is 11.8. The zero-order valence-electron chi connectivity index (χ0n) is 17.2. The Morgan fingerprint density at radius 2 is 2.10 bits per heavy atom. The van der Waals surface area contributed by atoms with E-state index < -0.39 is 5.91 Å². The van der Waals surface area contributed by atoms with E-state index in [1.807, 2.05) is 55.9 Å². The molecule has 30 heavy (non-hydrogen) atoms. The molecule has 0 saturated carbocycles. The van der Waals surface area contributed by atoms with Gasteiger partial charge in [0, 0.05) is 36.3 Å². The molecule has 0 saturated heterocycles. The Morgan fingerprint density at radius 1 is 1.27 bits per heavy atom. The number of hydrogen-bond donors (Lipinski definition) is 3. The summed E-state index contributed by atoms with van der Waals surface area (Å²) in [5.74, 6) is 1.61. The van der Waals surface area contributed by atoms with Crippen LogP contribution in [0.25, 0.3) is 11.3 Å². The van der Waals surface area contributed by atoms with Crippen LogP contribution in [-0.2, 0) is 18.3 Å². The van der Waals surface area contributed by atoms with Gasteiger partial charge in [-0.05, 0) is 43.2 Å². The van der Waals surface area contributed by atoms with Gasteiger partial charge in [-0.2, -0.15) is 5.10 Å². The molecule has 1 aliphatic carbocycles. The summed E-state index contributed by atoms with van der Waals surface area (Å²) in [4.78, 5) is 11.3. The van der Waals surface area contributed by atoms with E-state index >= 15 is 0 Å². The quantitative estimate of drug-likeness (QED) is 0.321. The van der Waals surface area contributed by atoms with Gasteiger partial charge in [-0.15, -0.1) is 0 Å². The molecule has 1 heterocycles. The average Bonchev–Trinajstić information content (AvgIpc) is 3.23. The number of aryl methyl sites for hydroxylation is 2. The van der Waals surface area contributed by atoms with Crippen LogP contribution >= 0.6 is 0 Å². The number of nitrogens with zero attached hydrogens (tertiary/aromatic N) is 2. The van der Waals surface area contributed by atoms with Crippen molar-refractivity contribution in [2.24, 2.45) is 7.05 Å². The smallest absolute Gasteiger partial charge is 0.281 e. The van der Waals surface area contributed by atoms with Crippen LogP contribution in [0.3, 0.4) is 0 Å². The minimum absolute atomic E-state index is 0.253. The summed E-state index contributed by atoms with van der Waals surface area (Å²) in [6.45, 7) is 4.25. The highest BCUT2D eigenvalue weighted by molar-refractivity contribution is 5.82. The van der Waals surface area contributed by atoms with Crippen LogP contribution in [0.5, 0.6) is 11.5 Å². The van der Waals surface area contributed by atoms with E-state index in [4.69, 9.17) is 14.7 Å². The van der Waals surface area contributed by atoms with Gasteiger partial charge in [-0.25, -0.2) is 5.48 Å². The van der Waals surface area contributed by atoms with Crippen molar-refractivity contribution < 1.29 is 19.5 Å². The third-order valence-electron chi connectivity index (χ3n) is 5.06. The van der Waals surface area contributed by atoms with Crippen molar-refractivity contribution in [3.05, 3.63) is 53.1 Å². The molecular formula is C22H24N4O4. The molecule has 0 spiro atoms. The Bertz CT molecular complexity index is 1110. The van der Waals surface area contributed by atoms with Crippen molar-refractivity contribution in [1.82, 2.24) is 15.3 Å². The van der Waals surface area contributed by atoms with Crippen molar-refractivity contribution in [3.63, 3.8) is 0 Å². The molecule has 1 aromatic heterocycles. The van der Waals surface area contributed by atoms with E-state index in [0.717, 1.165) is 46.1 Å². The first-order valence-electron chi connectivity index (χ1n) is 9.75. The molecule has 3 aromatic rings. The van der Waals surface area contributed by atoms with Crippen molar-refractivity contribution in [2.75, 3.05) is 18.5 Å². The second kappa shape index (κ2) is 8.08. The van der Waals surface area contributed by atoms with Crippen LogP contribution in [0.1, 0.15) is 23.6 Å². The average molecular weight is 408 g/mol. The highest BCUT2D eigenvalue weighted by Crippen LogP contribution is 2.43. The molecule has 1 amide bonds. The summed E-state index contributed by atoms with van der Waals surface area (Å²) < 4.78 is 13.0. The number of hydrogen-bond acceptors (Lipinski definition) is 6. The van der Waals surface area contributed by atoms with Crippen LogP contribution in [0, 0.1) is 6.92 Å². The fraction of sp³-hybridized carbons (Fsp3) is 0.273. The number of hydroxylamine groups is 1. The minimum Gasteiger partial charge on any atom is -0.494 e. The molecule has 156 valence electrons. The number of anilines is 2. The topological polar surface area (TPSA) is 97.6 Å². The fourth-order valence-electron chi connectivity index (χ4n) is 3.78. The Labute approximate surface area is 174 Å². The van der Waals surface area contributed by atoms with E-state index in [0.29, 0.717) is 12.4 Å². The first-order valence-corrected chi connectivity index (χ1v) is 9.75. The van der Waals surface area contributed by atoms with Crippen molar-refractivity contribution in [2.45, 2.75) is 20.3 Å². The molecule has 1 aliphatic rings. The zero-order valence-corrected chi connectivity index (χ0v) is 17.2. The van der Waals surface area contributed by atoms with E-state index in [1.165, 1.54) is 5.56 Å². The van der Waals surface area contributed by atoms with E-state index in [1.54, 1.807) is 5.48 Å². The molecule has 0 fully saturated rings. The molecule has 3 N–H and O–H groups in total. The SMILES string of the molecule is CCOc1cccc(Nc2nn(C)c3c2Cc2cc(C)c(OCC(=O)NO)cc2-3)c1. The van der Waals surface area contributed by atoms with Gasteiger partial charge in [0.15, 0.2) is 12.4 Å². The Kier molecular flexibility index (Phi) is 5.33. The first-order chi connectivity index (χ1) is 14.5. The normalized spacial score (nSPS) is 11.6. The predicted molar refractivity (Wildman–Crippen MR) is 113 cm³/mol. The standard InChI is InChI=1S/C22H24N4O4/c1-4-29-16-7-5-6-15(10-16)23-22-18-9-14-8-13(2)19(30-12-20(27)25-28)11-17(14)21(18)26(3)24-22/h5-8,10-11,28H,4,9,12H2,1-3H3,(H,23,24)(H,25,27). The lowest BCUT2D eigenvalue weighted by atomic mass is 10.1. The van der Waals surface area contributed by atoms with Crippen molar-refractivity contribution in [3.8, 4) is 22.8 Å². The highest BCUT2D eigenvalue weighted by atomic mass is 16.5. The van der Waals surface area contributed by atoms with Crippen LogP contribution < -0.4 is 20.3 Å². The highest BCUT2D eigenvalue weighted by Gasteiger charge is 2.28. The minimum atomic E-state index is -0.600. The second-order valence-corrected chi connectivity index (χ2v) is 7.16. The summed E-state index contributed by atoms with van der Waals surface area (Å²) in [5, 5.41) is 16.7. The lowest BCUT2D eigenvalue weighted by Gasteiger charge is -2.11. The zero-order chi connectivity index (χ0) is 21.3. The molecule has 0 aliphatic heterocycles. The van der Waals surface area contributed by atoms with Crippen LogP contribution in [-0.4, -0.2) is 34.1 Å². The van der Waals surface area contributed by atoms with Gasteiger partial charge in [-0.3, -0.25) is 14.7 Å². The Balaban J connectivity index is 1.63. The molecule has 2 aromatic carbocycles. The summed E-state index contributed by atoms with van der Waals surface area (Å²) >= 11 is 0. The van der Waals surface area contributed by atoms with Gasteiger partial charge in [0.25, 0.3) is 5.91 Å². The van der Waals surface area contributed by atoms with Crippen molar-refractivity contribution >= 4 is 17.4 Å². The Hall–Kier alpha value is -3.52. The number of amides is 1. The van der Waals surface area contributed by atoms with E-state index in [2.05, 4.69) is 16.5 Å². The molecule has 8 heteroatoms. The number of ether oxygens (including phenoxy) is 2. The molecule has 0 atom stereocenters. The number of fused-ring (bicyclic) bond motifs is 3. The van der Waals surface area contributed by atoms with Crippen LogP contribution in [0.2, 0.25) is 0 Å². The number of carbonyl (C=O) groups excluding carboxylic acids is 1. The molecule has 0 bridgehead atoms. The molecule has 4 rings (SSSR count). The maximum absolute atomic E-state index is 11.3. The summed E-state index contributed by atoms with van der Waals surface area (Å²) in [6.07, 6.45) is 0.754. The molecule has 0 unspecified atom stereocenters. The lowest BCUT2D eigenvalue weighted by Crippen LogP contribution is -2.25. The first kappa shape index (κ1) is 19.8. The van der Waals surface area contributed by atoms with E-state index in [9.17, 15) is 4.79 Å². The van der Waals surface area contributed by atoms with Crippen LogP contribution in [0.4, 0.5) is 11.5 Å². The number of carbonyl (C=O) groups is 1. The maximum Gasteiger partial charge on any atom is 0.281 e. The lowest BCUT2D eigenvalue weighted by molar-refractivity contribution is -0.131. The number of benzene rings is 2. The Morgan fingerprint density at radius 3 is 2.87 bits per heavy atom. The largest absolute Gasteiger partial charge is 0.494 e. The maximum atomic E-state index is 11.3. The molecule has 0 radical (unpaired) electrons. The van der Waals surface area contributed by atoms with E-state index in [-0.39, 0.29) is 6.61 Å². The third-order valence-corrected chi connectivity index (χ3v) is 5.06. The second-order valence-electron chi connectivity index (χ2n) is 7.16. The summed E-state index contributed by atoms with van der Waals surface area (Å²) in [7, 11) is 1.91. The van der Waals surface area contributed by atoms with Gasteiger partial charge < -0.3 is 14.8 Å². The molecule has 8 nitrogen and oxygen atoms in total. The number of rotatable bonds is 7. The predicted octanol–water partition coefficient (Wildman–Crippen LogP) is 3.33.